The molecule has 0 spiro atoms. The van der Waals surface area contributed by atoms with Gasteiger partial charge in [0.15, 0.2) is 0 Å². The molecule has 2 aromatic carbocycles. The minimum atomic E-state index is 0.117. The van der Waals surface area contributed by atoms with E-state index in [-0.39, 0.29) is 6.04 Å². The van der Waals surface area contributed by atoms with Gasteiger partial charge in [0.25, 0.3) is 0 Å². The number of hydrogen-bond acceptors (Lipinski definition) is 1. The van der Waals surface area contributed by atoms with Gasteiger partial charge in [0.05, 0.1) is 0 Å². The van der Waals surface area contributed by atoms with Crippen molar-refractivity contribution in [3.8, 4) is 0 Å². The van der Waals surface area contributed by atoms with E-state index in [9.17, 15) is 0 Å². The Balaban J connectivity index is 2.21. The third-order valence-corrected chi connectivity index (χ3v) is 3.48. The molecule has 0 saturated heterocycles. The molecule has 2 heteroatoms. The van der Waals surface area contributed by atoms with E-state index in [2.05, 4.69) is 43.3 Å². The van der Waals surface area contributed by atoms with Crippen molar-refractivity contribution in [1.29, 1.82) is 0 Å². The van der Waals surface area contributed by atoms with Crippen LogP contribution in [0.4, 0.5) is 0 Å². The Morgan fingerprint density at radius 2 is 1.61 bits per heavy atom. The van der Waals surface area contributed by atoms with E-state index in [1.54, 1.807) is 0 Å². The van der Waals surface area contributed by atoms with Crippen molar-refractivity contribution in [2.45, 2.75) is 25.3 Å². The molecule has 0 saturated carbocycles. The first kappa shape index (κ1) is 13.1. The number of rotatable bonds is 4. The van der Waals surface area contributed by atoms with Gasteiger partial charge in [-0.3, -0.25) is 0 Å². The summed E-state index contributed by atoms with van der Waals surface area (Å²) in [6, 6.07) is 18.6. The first-order chi connectivity index (χ1) is 8.66. The molecule has 2 N–H and O–H groups in total. The second-order valence-corrected chi connectivity index (χ2v) is 5.14. The smallest absolute Gasteiger partial charge is 0.0406 e. The summed E-state index contributed by atoms with van der Waals surface area (Å²) in [5.74, 6) is 0.324. The standard InChI is InChI=1S/C16H18ClN/c1-12(18)16(11-13-5-3-2-4-6-13)14-7-9-15(17)10-8-14/h2-10,12,16H,11,18H2,1H3. The number of nitrogens with two attached hydrogens (primary N) is 1. The maximum Gasteiger partial charge on any atom is 0.0406 e. The normalized spacial score (nSPS) is 14.2. The minimum Gasteiger partial charge on any atom is -0.327 e. The molecule has 2 atom stereocenters. The Kier molecular flexibility index (Phi) is 4.40. The lowest BCUT2D eigenvalue weighted by Gasteiger charge is -2.21. The Morgan fingerprint density at radius 1 is 1.00 bits per heavy atom. The molecular weight excluding hydrogens is 242 g/mol. The first-order valence-corrected chi connectivity index (χ1v) is 6.59. The van der Waals surface area contributed by atoms with Gasteiger partial charge in [-0.2, -0.15) is 0 Å². The lowest BCUT2D eigenvalue weighted by molar-refractivity contribution is 0.565. The largest absolute Gasteiger partial charge is 0.327 e. The molecule has 2 aromatic rings. The van der Waals surface area contributed by atoms with Crippen LogP contribution in [-0.4, -0.2) is 6.04 Å². The fourth-order valence-corrected chi connectivity index (χ4v) is 2.31. The highest BCUT2D eigenvalue weighted by Crippen LogP contribution is 2.24. The third kappa shape index (κ3) is 3.34. The number of benzene rings is 2. The van der Waals surface area contributed by atoms with Gasteiger partial charge < -0.3 is 5.73 Å². The molecule has 2 rings (SSSR count). The predicted octanol–water partition coefficient (Wildman–Crippen LogP) is 4.01. The van der Waals surface area contributed by atoms with Crippen LogP contribution in [0.5, 0.6) is 0 Å². The molecule has 94 valence electrons. The zero-order valence-electron chi connectivity index (χ0n) is 10.5. The molecule has 0 aromatic heterocycles. The molecule has 1 nitrogen and oxygen atoms in total. The molecule has 0 fully saturated rings. The molecular formula is C16H18ClN. The van der Waals surface area contributed by atoms with Crippen molar-refractivity contribution in [1.82, 2.24) is 0 Å². The topological polar surface area (TPSA) is 26.0 Å². The van der Waals surface area contributed by atoms with E-state index < -0.39 is 0 Å². The molecule has 0 aliphatic carbocycles. The summed E-state index contributed by atoms with van der Waals surface area (Å²) in [5, 5.41) is 0.766. The number of hydrogen-bond donors (Lipinski definition) is 1. The third-order valence-electron chi connectivity index (χ3n) is 3.23. The monoisotopic (exact) mass is 259 g/mol. The summed E-state index contributed by atoms with van der Waals surface area (Å²) < 4.78 is 0. The predicted molar refractivity (Wildman–Crippen MR) is 78.0 cm³/mol. The van der Waals surface area contributed by atoms with Gasteiger partial charge in [-0.15, -0.1) is 0 Å². The average Bonchev–Trinajstić information content (AvgIpc) is 2.38. The summed E-state index contributed by atoms with van der Waals surface area (Å²) in [6.07, 6.45) is 0.958. The first-order valence-electron chi connectivity index (χ1n) is 6.22. The summed E-state index contributed by atoms with van der Waals surface area (Å²) in [6.45, 7) is 2.06. The van der Waals surface area contributed by atoms with E-state index in [0.29, 0.717) is 5.92 Å². The molecule has 0 radical (unpaired) electrons. The van der Waals surface area contributed by atoms with E-state index in [0.717, 1.165) is 11.4 Å². The SMILES string of the molecule is CC(N)C(Cc1ccccc1)c1ccc(Cl)cc1. The quantitative estimate of drug-likeness (QED) is 0.882. The Hall–Kier alpha value is -1.31. The lowest BCUT2D eigenvalue weighted by atomic mass is 9.87. The molecule has 0 amide bonds. The van der Waals surface area contributed by atoms with Crippen molar-refractivity contribution in [3.63, 3.8) is 0 Å². The van der Waals surface area contributed by atoms with Gasteiger partial charge in [0, 0.05) is 17.0 Å². The second-order valence-electron chi connectivity index (χ2n) is 4.71. The van der Waals surface area contributed by atoms with Gasteiger partial charge in [0.2, 0.25) is 0 Å². The van der Waals surface area contributed by atoms with E-state index in [4.69, 9.17) is 17.3 Å². The molecule has 0 aliphatic rings. The lowest BCUT2D eigenvalue weighted by Crippen LogP contribution is -2.26. The summed E-state index contributed by atoms with van der Waals surface area (Å²) >= 11 is 5.92. The fraction of sp³-hybridized carbons (Fsp3) is 0.250. The van der Waals surface area contributed by atoms with Crippen LogP contribution in [0.3, 0.4) is 0 Å². The van der Waals surface area contributed by atoms with Crippen LogP contribution in [-0.2, 0) is 6.42 Å². The molecule has 18 heavy (non-hydrogen) atoms. The highest BCUT2D eigenvalue weighted by Gasteiger charge is 2.16. The van der Waals surface area contributed by atoms with Crippen LogP contribution < -0.4 is 5.73 Å². The van der Waals surface area contributed by atoms with Crippen LogP contribution in [0, 0.1) is 0 Å². The second kappa shape index (κ2) is 6.03. The Morgan fingerprint density at radius 3 is 2.17 bits per heavy atom. The van der Waals surface area contributed by atoms with Crippen molar-refractivity contribution < 1.29 is 0 Å². The van der Waals surface area contributed by atoms with Crippen LogP contribution >= 0.6 is 11.6 Å². The van der Waals surface area contributed by atoms with Crippen LogP contribution in [0.15, 0.2) is 54.6 Å². The Bertz CT molecular complexity index is 476. The van der Waals surface area contributed by atoms with Gasteiger partial charge in [0.1, 0.15) is 0 Å². The number of halogens is 1. The van der Waals surface area contributed by atoms with Gasteiger partial charge in [-0.05, 0) is 36.6 Å². The highest BCUT2D eigenvalue weighted by molar-refractivity contribution is 6.30. The van der Waals surface area contributed by atoms with Crippen LogP contribution in [0.25, 0.3) is 0 Å². The molecule has 0 bridgehead atoms. The van der Waals surface area contributed by atoms with Gasteiger partial charge >= 0.3 is 0 Å². The van der Waals surface area contributed by atoms with E-state index in [1.165, 1.54) is 11.1 Å². The average molecular weight is 260 g/mol. The van der Waals surface area contributed by atoms with E-state index in [1.807, 2.05) is 18.2 Å². The van der Waals surface area contributed by atoms with Crippen molar-refractivity contribution in [2.24, 2.45) is 5.73 Å². The Labute approximate surface area is 114 Å². The van der Waals surface area contributed by atoms with Crippen LogP contribution in [0.1, 0.15) is 24.0 Å². The summed E-state index contributed by atoms with van der Waals surface area (Å²) in [4.78, 5) is 0. The molecule has 2 unspecified atom stereocenters. The van der Waals surface area contributed by atoms with Gasteiger partial charge in [-0.25, -0.2) is 0 Å². The van der Waals surface area contributed by atoms with Gasteiger partial charge in [-0.1, -0.05) is 54.1 Å². The molecule has 0 aliphatic heterocycles. The zero-order chi connectivity index (χ0) is 13.0. The van der Waals surface area contributed by atoms with Crippen molar-refractivity contribution in [3.05, 3.63) is 70.7 Å². The van der Waals surface area contributed by atoms with Crippen molar-refractivity contribution >= 4 is 11.6 Å². The minimum absolute atomic E-state index is 0.117. The van der Waals surface area contributed by atoms with Crippen LogP contribution in [0.2, 0.25) is 5.02 Å². The summed E-state index contributed by atoms with van der Waals surface area (Å²) in [7, 11) is 0. The maximum atomic E-state index is 6.12. The highest BCUT2D eigenvalue weighted by atomic mass is 35.5. The fourth-order valence-electron chi connectivity index (χ4n) is 2.19. The summed E-state index contributed by atoms with van der Waals surface area (Å²) in [5.41, 5.74) is 8.68. The maximum absolute atomic E-state index is 6.12. The van der Waals surface area contributed by atoms with Crippen molar-refractivity contribution in [2.75, 3.05) is 0 Å². The zero-order valence-corrected chi connectivity index (χ0v) is 11.3. The molecule has 0 heterocycles. The van der Waals surface area contributed by atoms with E-state index >= 15 is 0 Å².